The molecular weight excluding hydrogens is 472 g/mol. The first kappa shape index (κ1) is 22.8. The van der Waals surface area contributed by atoms with Crippen molar-refractivity contribution in [1.82, 2.24) is 10.2 Å². The topological polar surface area (TPSA) is 111 Å². The highest BCUT2D eigenvalue weighted by atomic mass is 79.9. The number of hydrogen-bond acceptors (Lipinski definition) is 7. The third-order valence-electron chi connectivity index (χ3n) is 5.03. The zero-order chi connectivity index (χ0) is 22.5. The molecule has 1 aromatic carbocycles. The van der Waals surface area contributed by atoms with Crippen LogP contribution in [0.15, 0.2) is 22.2 Å². The number of carbonyl (C=O) groups is 4. The van der Waals surface area contributed by atoms with Crippen LogP contribution in [0.2, 0.25) is 0 Å². The molecular formula is C21H23BrN2O7. The number of esters is 1. The van der Waals surface area contributed by atoms with Gasteiger partial charge in [-0.25, -0.2) is 9.59 Å². The molecule has 31 heavy (non-hydrogen) atoms. The van der Waals surface area contributed by atoms with Crippen LogP contribution in [0.4, 0.5) is 4.79 Å². The number of halogens is 1. The van der Waals surface area contributed by atoms with E-state index in [4.69, 9.17) is 9.47 Å². The minimum atomic E-state index is -0.746. The Labute approximate surface area is 187 Å². The summed E-state index contributed by atoms with van der Waals surface area (Å²) >= 11 is 3.37. The van der Waals surface area contributed by atoms with Gasteiger partial charge in [0.15, 0.2) is 18.1 Å². The van der Waals surface area contributed by atoms with Crippen LogP contribution in [0.5, 0.6) is 11.5 Å². The molecule has 3 rings (SSSR count). The first-order valence-corrected chi connectivity index (χ1v) is 10.7. The summed E-state index contributed by atoms with van der Waals surface area (Å²) < 4.78 is 16.1. The first-order valence-electron chi connectivity index (χ1n) is 9.92. The molecule has 1 saturated heterocycles. The Balaban J connectivity index is 1.93. The van der Waals surface area contributed by atoms with Gasteiger partial charge >= 0.3 is 12.0 Å². The van der Waals surface area contributed by atoms with Crippen molar-refractivity contribution in [2.45, 2.75) is 38.6 Å². The van der Waals surface area contributed by atoms with E-state index >= 15 is 0 Å². The fourth-order valence-electron chi connectivity index (χ4n) is 3.60. The average Bonchev–Trinajstić information content (AvgIpc) is 3.24. The fraction of sp³-hybridized carbons (Fsp3) is 0.429. The lowest BCUT2D eigenvalue weighted by Gasteiger charge is -2.31. The number of amides is 4. The lowest BCUT2D eigenvalue weighted by molar-refractivity contribution is -0.143. The molecule has 1 aromatic rings. The molecule has 166 valence electrons. The van der Waals surface area contributed by atoms with E-state index in [1.165, 1.54) is 13.2 Å². The maximum absolute atomic E-state index is 13.0. The standard InChI is InChI=1S/C21H23BrN2O7/c1-3-30-16-10-12(9-15(22)18(16)31-11-17(25)29-2)8-14-19(26)23-21(28)24(20(14)27)13-6-4-5-7-13/h8-10,13H,3-7,11H2,1-2H3,(H,23,26,28)/b14-8+. The highest BCUT2D eigenvalue weighted by Gasteiger charge is 2.40. The lowest BCUT2D eigenvalue weighted by Crippen LogP contribution is -2.57. The van der Waals surface area contributed by atoms with Crippen LogP contribution in [0.1, 0.15) is 38.2 Å². The number of hydrogen-bond donors (Lipinski definition) is 1. The van der Waals surface area contributed by atoms with Gasteiger partial charge in [0.25, 0.3) is 11.8 Å². The van der Waals surface area contributed by atoms with Crippen LogP contribution < -0.4 is 14.8 Å². The van der Waals surface area contributed by atoms with Gasteiger partial charge in [-0.1, -0.05) is 12.8 Å². The zero-order valence-corrected chi connectivity index (χ0v) is 18.8. The van der Waals surface area contributed by atoms with Crippen LogP contribution in [0.25, 0.3) is 6.08 Å². The molecule has 0 unspecified atom stereocenters. The number of nitrogens with one attached hydrogen (secondary N) is 1. The molecule has 2 aliphatic rings. The zero-order valence-electron chi connectivity index (χ0n) is 17.2. The molecule has 0 bridgehead atoms. The van der Waals surface area contributed by atoms with E-state index in [1.54, 1.807) is 19.1 Å². The number of nitrogens with zero attached hydrogens (tertiary/aromatic N) is 1. The van der Waals surface area contributed by atoms with E-state index in [0.29, 0.717) is 22.4 Å². The lowest BCUT2D eigenvalue weighted by atomic mass is 10.0. The Bertz CT molecular complexity index is 938. The molecule has 1 heterocycles. The summed E-state index contributed by atoms with van der Waals surface area (Å²) in [7, 11) is 1.26. The quantitative estimate of drug-likeness (QED) is 0.352. The van der Waals surface area contributed by atoms with Crippen LogP contribution in [-0.2, 0) is 19.1 Å². The summed E-state index contributed by atoms with van der Waals surface area (Å²) in [5, 5.41) is 2.25. The van der Waals surface area contributed by atoms with Gasteiger partial charge in [-0.3, -0.25) is 19.8 Å². The number of methoxy groups -OCH3 is 1. The monoisotopic (exact) mass is 494 g/mol. The van der Waals surface area contributed by atoms with Crippen LogP contribution >= 0.6 is 15.9 Å². The molecule has 1 N–H and O–H groups in total. The number of ether oxygens (including phenoxy) is 3. The van der Waals surface area contributed by atoms with Gasteiger partial charge < -0.3 is 14.2 Å². The summed E-state index contributed by atoms with van der Waals surface area (Å²) in [4.78, 5) is 50.2. The Hall–Kier alpha value is -2.88. The largest absolute Gasteiger partial charge is 0.490 e. The van der Waals surface area contributed by atoms with Crippen molar-refractivity contribution < 1.29 is 33.4 Å². The summed E-state index contributed by atoms with van der Waals surface area (Å²) in [6, 6.07) is 2.33. The van der Waals surface area contributed by atoms with Crippen molar-refractivity contribution in [3.63, 3.8) is 0 Å². The molecule has 1 saturated carbocycles. The fourth-order valence-corrected chi connectivity index (χ4v) is 4.17. The number of rotatable bonds is 7. The summed E-state index contributed by atoms with van der Waals surface area (Å²) in [6.07, 6.45) is 4.74. The smallest absolute Gasteiger partial charge is 0.343 e. The molecule has 9 nitrogen and oxygen atoms in total. The van der Waals surface area contributed by atoms with Crippen LogP contribution in [0.3, 0.4) is 0 Å². The van der Waals surface area contributed by atoms with E-state index in [9.17, 15) is 19.2 Å². The number of carbonyl (C=O) groups excluding carboxylic acids is 4. The van der Waals surface area contributed by atoms with Gasteiger partial charge in [0.1, 0.15) is 5.57 Å². The van der Waals surface area contributed by atoms with Crippen LogP contribution in [-0.4, -0.2) is 55.1 Å². The molecule has 2 fully saturated rings. The predicted octanol–water partition coefficient (Wildman–Crippen LogP) is 2.80. The van der Waals surface area contributed by atoms with Crippen molar-refractivity contribution in [2.75, 3.05) is 20.3 Å². The highest BCUT2D eigenvalue weighted by Crippen LogP contribution is 2.38. The molecule has 1 aliphatic carbocycles. The third-order valence-corrected chi connectivity index (χ3v) is 5.62. The highest BCUT2D eigenvalue weighted by molar-refractivity contribution is 9.10. The number of urea groups is 1. The van der Waals surface area contributed by atoms with Gasteiger partial charge in [-0.05, 0) is 59.5 Å². The van der Waals surface area contributed by atoms with E-state index in [-0.39, 0.29) is 24.0 Å². The number of barbiturate groups is 1. The van der Waals surface area contributed by atoms with E-state index in [2.05, 4.69) is 26.0 Å². The Morgan fingerprint density at radius 2 is 1.94 bits per heavy atom. The SMILES string of the molecule is CCOc1cc(/C=C2\C(=O)NC(=O)N(C3CCCC3)C2=O)cc(Br)c1OCC(=O)OC. The minimum Gasteiger partial charge on any atom is -0.490 e. The summed E-state index contributed by atoms with van der Waals surface area (Å²) in [6.45, 7) is 1.80. The first-order chi connectivity index (χ1) is 14.8. The number of benzene rings is 1. The summed E-state index contributed by atoms with van der Waals surface area (Å²) in [5.41, 5.74) is 0.351. The van der Waals surface area contributed by atoms with Crippen molar-refractivity contribution in [3.8, 4) is 11.5 Å². The second-order valence-electron chi connectivity index (χ2n) is 7.06. The molecule has 0 radical (unpaired) electrons. The molecule has 4 amide bonds. The van der Waals surface area contributed by atoms with Crippen molar-refractivity contribution in [2.24, 2.45) is 0 Å². The van der Waals surface area contributed by atoms with E-state index < -0.39 is 23.8 Å². The van der Waals surface area contributed by atoms with Gasteiger partial charge in [0, 0.05) is 6.04 Å². The molecule has 0 spiro atoms. The molecule has 0 atom stereocenters. The Morgan fingerprint density at radius 1 is 1.23 bits per heavy atom. The average molecular weight is 495 g/mol. The van der Waals surface area contributed by atoms with E-state index in [1.807, 2.05) is 0 Å². The minimum absolute atomic E-state index is 0.135. The second-order valence-corrected chi connectivity index (χ2v) is 7.91. The number of imide groups is 2. The predicted molar refractivity (Wildman–Crippen MR) is 113 cm³/mol. The normalized spacial score (nSPS) is 18.4. The van der Waals surface area contributed by atoms with Crippen molar-refractivity contribution >= 4 is 45.8 Å². The Kier molecular flexibility index (Phi) is 7.32. The molecule has 0 aromatic heterocycles. The van der Waals surface area contributed by atoms with Crippen LogP contribution in [0, 0.1) is 0 Å². The third kappa shape index (κ3) is 5.07. The van der Waals surface area contributed by atoms with Gasteiger partial charge in [-0.15, -0.1) is 0 Å². The summed E-state index contributed by atoms with van der Waals surface area (Å²) in [5.74, 6) is -1.30. The van der Waals surface area contributed by atoms with Crippen molar-refractivity contribution in [1.29, 1.82) is 0 Å². The Morgan fingerprint density at radius 3 is 2.58 bits per heavy atom. The van der Waals surface area contributed by atoms with E-state index in [0.717, 1.165) is 30.6 Å². The maximum Gasteiger partial charge on any atom is 0.343 e. The second kappa shape index (κ2) is 9.95. The molecule has 1 aliphatic heterocycles. The van der Waals surface area contributed by atoms with Crippen molar-refractivity contribution in [3.05, 3.63) is 27.7 Å². The molecule has 10 heteroatoms. The maximum atomic E-state index is 13.0. The van der Waals surface area contributed by atoms with Gasteiger partial charge in [0.05, 0.1) is 18.2 Å². The van der Waals surface area contributed by atoms with Gasteiger partial charge in [-0.2, -0.15) is 0 Å². The van der Waals surface area contributed by atoms with Gasteiger partial charge in [0.2, 0.25) is 0 Å².